The Hall–Kier alpha value is -1.24. The van der Waals surface area contributed by atoms with Crippen LogP contribution in [0, 0.1) is 7.14 Å². The van der Waals surface area contributed by atoms with Crippen LogP contribution in [0.15, 0.2) is 30.3 Å². The molecule has 2 rings (SSSR count). The summed E-state index contributed by atoms with van der Waals surface area (Å²) in [5, 5.41) is 18.7. The van der Waals surface area contributed by atoms with Gasteiger partial charge in [-0.3, -0.25) is 4.79 Å². The Morgan fingerprint density at radius 3 is 2.23 bits per heavy atom. The molecule has 0 saturated carbocycles. The molecule has 26 heavy (non-hydrogen) atoms. The molecule has 0 fully saturated rings. The number of ether oxygens (including phenoxy) is 1. The molecule has 0 bridgehead atoms. The molecule has 0 heterocycles. The number of phenols is 1. The maximum absolute atomic E-state index is 12.9. The zero-order valence-corrected chi connectivity index (χ0v) is 17.6. The largest absolute Gasteiger partial charge is 0.507 e. The van der Waals surface area contributed by atoms with Crippen molar-refractivity contribution in [2.24, 2.45) is 0 Å². The summed E-state index contributed by atoms with van der Waals surface area (Å²) in [6.07, 6.45) is -4.29. The first-order chi connectivity index (χ1) is 12.0. The molecule has 2 aromatic rings. The summed E-state index contributed by atoms with van der Waals surface area (Å²) < 4.78 is 45.5. The van der Waals surface area contributed by atoms with Crippen LogP contribution in [0.1, 0.15) is 30.4 Å². The molecule has 1 atom stereocenters. The molecular formula is C17H13F3I2O4. The third-order valence-corrected chi connectivity index (χ3v) is 5.23. The molecule has 0 amide bonds. The van der Waals surface area contributed by atoms with E-state index in [1.54, 1.807) is 19.1 Å². The minimum atomic E-state index is -4.70. The van der Waals surface area contributed by atoms with Crippen molar-refractivity contribution in [1.82, 2.24) is 0 Å². The second-order valence-corrected chi connectivity index (χ2v) is 7.72. The van der Waals surface area contributed by atoms with Crippen molar-refractivity contribution in [3.63, 3.8) is 0 Å². The SMILES string of the molecule is CCC(C(=O)O)c1cc(I)c(Oc2ccc(O)c(C(F)(F)F)c2)c(I)c1. The molecule has 0 aliphatic heterocycles. The highest BCUT2D eigenvalue weighted by atomic mass is 127. The van der Waals surface area contributed by atoms with Gasteiger partial charge in [0.25, 0.3) is 0 Å². The first-order valence-electron chi connectivity index (χ1n) is 7.34. The Bertz CT molecular complexity index is 814. The van der Waals surface area contributed by atoms with Gasteiger partial charge in [-0.05, 0) is 87.5 Å². The van der Waals surface area contributed by atoms with Crippen LogP contribution in [0.2, 0.25) is 0 Å². The summed E-state index contributed by atoms with van der Waals surface area (Å²) >= 11 is 3.90. The van der Waals surface area contributed by atoms with E-state index in [4.69, 9.17) is 4.74 Å². The number of alkyl halides is 3. The number of phenolic OH excluding ortho intramolecular Hbond substituents is 1. The summed E-state index contributed by atoms with van der Waals surface area (Å²) in [4.78, 5) is 11.3. The molecule has 0 saturated heterocycles. The van der Waals surface area contributed by atoms with Crippen molar-refractivity contribution >= 4 is 51.2 Å². The number of carboxylic acids is 1. The smallest absolute Gasteiger partial charge is 0.420 e. The van der Waals surface area contributed by atoms with Crippen LogP contribution >= 0.6 is 45.2 Å². The van der Waals surface area contributed by atoms with Gasteiger partial charge in [-0.1, -0.05) is 6.92 Å². The third kappa shape index (κ3) is 4.72. The quantitative estimate of drug-likeness (QED) is 0.419. The highest BCUT2D eigenvalue weighted by molar-refractivity contribution is 14.1. The lowest BCUT2D eigenvalue weighted by atomic mass is 9.97. The monoisotopic (exact) mass is 592 g/mol. The second-order valence-electron chi connectivity index (χ2n) is 5.39. The summed E-state index contributed by atoms with van der Waals surface area (Å²) in [6, 6.07) is 6.17. The Labute approximate surface area is 174 Å². The number of rotatable bonds is 5. The zero-order chi connectivity index (χ0) is 19.6. The number of carboxylic acid groups (broad SMARTS) is 1. The summed E-state index contributed by atoms with van der Waals surface area (Å²) in [5.74, 6) is -2.24. The van der Waals surface area contributed by atoms with Crippen molar-refractivity contribution < 1.29 is 32.9 Å². The predicted molar refractivity (Wildman–Crippen MR) is 106 cm³/mol. The average molecular weight is 592 g/mol. The Kier molecular flexibility index (Phi) is 6.64. The lowest BCUT2D eigenvalue weighted by Gasteiger charge is -2.16. The van der Waals surface area contributed by atoms with Gasteiger partial charge < -0.3 is 14.9 Å². The van der Waals surface area contributed by atoms with Gasteiger partial charge in [-0.2, -0.15) is 13.2 Å². The topological polar surface area (TPSA) is 66.8 Å². The highest BCUT2D eigenvalue weighted by Crippen LogP contribution is 2.40. The van der Waals surface area contributed by atoms with Crippen molar-refractivity contribution in [3.8, 4) is 17.2 Å². The van der Waals surface area contributed by atoms with Gasteiger partial charge >= 0.3 is 12.1 Å². The first-order valence-corrected chi connectivity index (χ1v) is 9.50. The Morgan fingerprint density at radius 2 is 1.77 bits per heavy atom. The van der Waals surface area contributed by atoms with Crippen LogP contribution in [0.4, 0.5) is 13.2 Å². The lowest BCUT2D eigenvalue weighted by molar-refractivity contribution is -0.139. The molecule has 4 nitrogen and oxygen atoms in total. The normalized spacial score (nSPS) is 12.7. The van der Waals surface area contributed by atoms with E-state index in [1.807, 2.05) is 45.2 Å². The number of hydrogen-bond donors (Lipinski definition) is 2. The van der Waals surface area contributed by atoms with Gasteiger partial charge in [-0.25, -0.2) is 0 Å². The molecule has 0 aromatic heterocycles. The summed E-state index contributed by atoms with van der Waals surface area (Å²) in [5.41, 5.74) is -0.587. The molecule has 2 aromatic carbocycles. The molecule has 0 spiro atoms. The minimum Gasteiger partial charge on any atom is -0.507 e. The van der Waals surface area contributed by atoms with Gasteiger partial charge in [0.05, 0.1) is 13.1 Å². The average Bonchev–Trinajstić information content (AvgIpc) is 2.51. The molecular weight excluding hydrogens is 579 g/mol. The third-order valence-electron chi connectivity index (χ3n) is 3.62. The van der Waals surface area contributed by atoms with Gasteiger partial charge in [0.1, 0.15) is 17.1 Å². The van der Waals surface area contributed by atoms with Crippen LogP contribution in [0.5, 0.6) is 17.2 Å². The van der Waals surface area contributed by atoms with Gasteiger partial charge in [0.15, 0.2) is 5.75 Å². The second kappa shape index (κ2) is 8.19. The van der Waals surface area contributed by atoms with Crippen LogP contribution in [-0.2, 0) is 11.0 Å². The van der Waals surface area contributed by atoms with Crippen molar-refractivity contribution in [2.45, 2.75) is 25.4 Å². The molecule has 1 unspecified atom stereocenters. The van der Waals surface area contributed by atoms with Gasteiger partial charge in [0.2, 0.25) is 0 Å². The number of carbonyl (C=O) groups is 1. The molecule has 2 N–H and O–H groups in total. The molecule has 0 aliphatic rings. The van der Waals surface area contributed by atoms with E-state index in [9.17, 15) is 28.2 Å². The molecule has 140 valence electrons. The van der Waals surface area contributed by atoms with E-state index in [1.165, 1.54) is 6.07 Å². The highest BCUT2D eigenvalue weighted by Gasteiger charge is 2.34. The van der Waals surface area contributed by atoms with Crippen LogP contribution in [0.25, 0.3) is 0 Å². The summed E-state index contributed by atoms with van der Waals surface area (Å²) in [7, 11) is 0. The maximum Gasteiger partial charge on any atom is 0.420 e. The fraction of sp³-hybridized carbons (Fsp3) is 0.235. The molecule has 9 heteroatoms. The number of hydrogen-bond acceptors (Lipinski definition) is 3. The standard InChI is InChI=1S/C17H13F3I2O4/c1-2-10(16(24)25)8-5-12(21)15(13(22)6-8)26-9-3-4-14(23)11(7-9)17(18,19)20/h3-7,10,23H,2H2,1H3,(H,24,25). The van der Waals surface area contributed by atoms with E-state index in [-0.39, 0.29) is 5.75 Å². The van der Waals surface area contributed by atoms with Gasteiger partial charge in [0, 0.05) is 0 Å². The van der Waals surface area contributed by atoms with Crippen molar-refractivity contribution in [1.29, 1.82) is 0 Å². The van der Waals surface area contributed by atoms with E-state index in [0.29, 0.717) is 24.9 Å². The minimum absolute atomic E-state index is 0.0796. The van der Waals surface area contributed by atoms with E-state index in [0.717, 1.165) is 12.1 Å². The fourth-order valence-electron chi connectivity index (χ4n) is 2.35. The molecule has 0 radical (unpaired) electrons. The first kappa shape index (κ1) is 21.1. The number of halogens is 5. The maximum atomic E-state index is 12.9. The van der Waals surface area contributed by atoms with Crippen LogP contribution in [0.3, 0.4) is 0 Å². The lowest BCUT2D eigenvalue weighted by Crippen LogP contribution is -2.11. The van der Waals surface area contributed by atoms with Crippen LogP contribution in [-0.4, -0.2) is 16.2 Å². The van der Waals surface area contributed by atoms with E-state index >= 15 is 0 Å². The number of benzene rings is 2. The van der Waals surface area contributed by atoms with E-state index in [2.05, 4.69) is 0 Å². The molecule has 0 aliphatic carbocycles. The van der Waals surface area contributed by atoms with Crippen LogP contribution < -0.4 is 4.74 Å². The number of aliphatic carboxylic acids is 1. The predicted octanol–water partition coefficient (Wildman–Crippen LogP) is 5.99. The Morgan fingerprint density at radius 1 is 1.19 bits per heavy atom. The van der Waals surface area contributed by atoms with E-state index < -0.39 is 29.4 Å². The number of aromatic hydroxyl groups is 1. The van der Waals surface area contributed by atoms with Crippen molar-refractivity contribution in [2.75, 3.05) is 0 Å². The Balaban J connectivity index is 2.41. The van der Waals surface area contributed by atoms with Gasteiger partial charge in [-0.15, -0.1) is 0 Å². The fourth-order valence-corrected chi connectivity index (χ4v) is 4.39. The van der Waals surface area contributed by atoms with Crippen molar-refractivity contribution in [3.05, 3.63) is 48.6 Å². The zero-order valence-electron chi connectivity index (χ0n) is 13.3. The summed E-state index contributed by atoms with van der Waals surface area (Å²) in [6.45, 7) is 1.76.